The van der Waals surface area contributed by atoms with Crippen molar-refractivity contribution in [1.29, 1.82) is 0 Å². The van der Waals surface area contributed by atoms with Crippen LogP contribution in [0.2, 0.25) is 0 Å². The van der Waals surface area contributed by atoms with E-state index in [1.165, 1.54) is 11.3 Å². The number of hydrogen-bond donors (Lipinski definition) is 2. The van der Waals surface area contributed by atoms with Crippen LogP contribution < -0.4 is 15.5 Å². The van der Waals surface area contributed by atoms with Crippen molar-refractivity contribution in [2.75, 3.05) is 44.8 Å². The Hall–Kier alpha value is -1.51. The van der Waals surface area contributed by atoms with Gasteiger partial charge in [-0.15, -0.1) is 11.3 Å². The highest BCUT2D eigenvalue weighted by Crippen LogP contribution is 2.25. The number of carbonyl (C=O) groups is 2. The van der Waals surface area contributed by atoms with Crippen LogP contribution in [-0.2, 0) is 20.7 Å². The van der Waals surface area contributed by atoms with Crippen molar-refractivity contribution in [3.05, 3.63) is 11.1 Å². The predicted molar refractivity (Wildman–Crippen MR) is 85.2 cm³/mol. The predicted octanol–water partition coefficient (Wildman–Crippen LogP) is 0.165. The van der Waals surface area contributed by atoms with Crippen molar-refractivity contribution in [2.45, 2.75) is 19.3 Å². The summed E-state index contributed by atoms with van der Waals surface area (Å²) < 4.78 is 4.92. The third-order valence-corrected chi connectivity index (χ3v) is 4.20. The molecule has 0 aliphatic carbocycles. The van der Waals surface area contributed by atoms with Gasteiger partial charge < -0.3 is 15.4 Å². The molecule has 2 heterocycles. The molecule has 0 unspecified atom stereocenters. The molecule has 0 spiro atoms. The fourth-order valence-corrected chi connectivity index (χ4v) is 3.04. The van der Waals surface area contributed by atoms with Gasteiger partial charge in [0.15, 0.2) is 5.13 Å². The number of nitrogens with one attached hydrogen (secondary N) is 2. The lowest BCUT2D eigenvalue weighted by atomic mass is 10.3. The molecule has 1 saturated heterocycles. The van der Waals surface area contributed by atoms with Crippen molar-refractivity contribution in [3.63, 3.8) is 0 Å². The number of nitrogens with zero attached hydrogens (tertiary/aromatic N) is 2. The SMILES string of the molecule is COCCNCCNC(=O)Cc1csc(N2CCCC2=O)n1. The number of anilines is 1. The molecular formula is C14H22N4O3S. The van der Waals surface area contributed by atoms with E-state index in [1.807, 2.05) is 5.38 Å². The Kier molecular flexibility index (Phi) is 6.75. The third kappa shape index (κ3) is 5.04. The molecule has 0 atom stereocenters. The summed E-state index contributed by atoms with van der Waals surface area (Å²) in [6, 6.07) is 0. The van der Waals surface area contributed by atoms with Gasteiger partial charge in [-0.25, -0.2) is 4.98 Å². The van der Waals surface area contributed by atoms with Crippen molar-refractivity contribution in [1.82, 2.24) is 15.6 Å². The van der Waals surface area contributed by atoms with Gasteiger partial charge >= 0.3 is 0 Å². The summed E-state index contributed by atoms with van der Waals surface area (Å²) >= 11 is 1.42. The minimum atomic E-state index is -0.0573. The van der Waals surface area contributed by atoms with E-state index in [0.29, 0.717) is 36.9 Å². The topological polar surface area (TPSA) is 83.6 Å². The van der Waals surface area contributed by atoms with E-state index in [0.717, 1.165) is 19.5 Å². The van der Waals surface area contributed by atoms with E-state index in [2.05, 4.69) is 15.6 Å². The van der Waals surface area contributed by atoms with Crippen LogP contribution in [0.15, 0.2) is 5.38 Å². The number of rotatable bonds is 9. The van der Waals surface area contributed by atoms with Gasteiger partial charge in [0.05, 0.1) is 18.7 Å². The average molecular weight is 326 g/mol. The first-order chi connectivity index (χ1) is 10.7. The molecule has 1 aliphatic rings. The highest BCUT2D eigenvalue weighted by Gasteiger charge is 2.24. The number of ether oxygens (including phenoxy) is 1. The maximum atomic E-state index is 11.8. The van der Waals surface area contributed by atoms with Crippen LogP contribution in [-0.4, -0.2) is 56.7 Å². The van der Waals surface area contributed by atoms with E-state index < -0.39 is 0 Å². The summed E-state index contributed by atoms with van der Waals surface area (Å²) in [5.41, 5.74) is 0.713. The number of amides is 2. The standard InChI is InChI=1S/C14H22N4O3S/c1-21-8-6-15-4-5-16-12(19)9-11-10-22-14(17-11)18-7-2-3-13(18)20/h10,15H,2-9H2,1H3,(H,16,19). The second-order valence-corrected chi connectivity index (χ2v) is 5.88. The molecule has 1 aromatic heterocycles. The van der Waals surface area contributed by atoms with Crippen LogP contribution in [0.25, 0.3) is 0 Å². The van der Waals surface area contributed by atoms with Gasteiger partial charge in [-0.2, -0.15) is 0 Å². The molecule has 122 valence electrons. The maximum absolute atomic E-state index is 11.8. The van der Waals surface area contributed by atoms with E-state index in [4.69, 9.17) is 4.74 Å². The van der Waals surface area contributed by atoms with Crippen LogP contribution in [0.1, 0.15) is 18.5 Å². The van der Waals surface area contributed by atoms with E-state index >= 15 is 0 Å². The summed E-state index contributed by atoms with van der Waals surface area (Å²) in [7, 11) is 1.65. The molecule has 1 aliphatic heterocycles. The zero-order valence-corrected chi connectivity index (χ0v) is 13.6. The first kappa shape index (κ1) is 16.9. The molecule has 22 heavy (non-hydrogen) atoms. The Balaban J connectivity index is 1.69. The normalized spacial score (nSPS) is 14.6. The zero-order valence-electron chi connectivity index (χ0n) is 12.8. The second-order valence-electron chi connectivity index (χ2n) is 5.04. The summed E-state index contributed by atoms with van der Waals surface area (Å²) in [5, 5.41) is 8.54. The third-order valence-electron chi connectivity index (χ3n) is 3.29. The lowest BCUT2D eigenvalue weighted by Crippen LogP contribution is -2.33. The number of aromatic nitrogens is 1. The summed E-state index contributed by atoms with van der Waals surface area (Å²) in [5.74, 6) is 0.0608. The van der Waals surface area contributed by atoms with E-state index in [1.54, 1.807) is 12.0 Å². The fraction of sp³-hybridized carbons (Fsp3) is 0.643. The van der Waals surface area contributed by atoms with Crippen LogP contribution in [0, 0.1) is 0 Å². The number of thiazole rings is 1. The molecule has 7 nitrogen and oxygen atoms in total. The number of methoxy groups -OCH3 is 1. The van der Waals surface area contributed by atoms with Gasteiger partial charge in [0, 0.05) is 45.1 Å². The van der Waals surface area contributed by atoms with E-state index in [-0.39, 0.29) is 18.2 Å². The fourth-order valence-electron chi connectivity index (χ4n) is 2.17. The Labute approximate surface area is 134 Å². The molecule has 0 radical (unpaired) electrons. The first-order valence-corrected chi connectivity index (χ1v) is 8.30. The molecule has 0 aromatic carbocycles. The van der Waals surface area contributed by atoms with Crippen molar-refractivity contribution >= 4 is 28.3 Å². The molecule has 1 aromatic rings. The second kappa shape index (κ2) is 8.82. The monoisotopic (exact) mass is 326 g/mol. The van der Waals surface area contributed by atoms with Gasteiger partial charge in [-0.05, 0) is 6.42 Å². The van der Waals surface area contributed by atoms with Gasteiger partial charge in [0.2, 0.25) is 11.8 Å². The smallest absolute Gasteiger partial charge is 0.228 e. The molecule has 0 saturated carbocycles. The van der Waals surface area contributed by atoms with Gasteiger partial charge in [-0.3, -0.25) is 14.5 Å². The first-order valence-electron chi connectivity index (χ1n) is 7.42. The van der Waals surface area contributed by atoms with Crippen molar-refractivity contribution < 1.29 is 14.3 Å². The Morgan fingerprint density at radius 2 is 2.32 bits per heavy atom. The maximum Gasteiger partial charge on any atom is 0.228 e. The summed E-state index contributed by atoms with van der Waals surface area (Å²) in [4.78, 5) is 29.6. The van der Waals surface area contributed by atoms with Crippen LogP contribution in [0.3, 0.4) is 0 Å². The summed E-state index contributed by atoms with van der Waals surface area (Å²) in [6.07, 6.45) is 1.71. The van der Waals surface area contributed by atoms with Crippen LogP contribution >= 0.6 is 11.3 Å². The van der Waals surface area contributed by atoms with Crippen LogP contribution in [0.4, 0.5) is 5.13 Å². The van der Waals surface area contributed by atoms with Crippen LogP contribution in [0.5, 0.6) is 0 Å². The highest BCUT2D eigenvalue weighted by atomic mass is 32.1. The lowest BCUT2D eigenvalue weighted by Gasteiger charge is -2.10. The van der Waals surface area contributed by atoms with Gasteiger partial charge in [-0.1, -0.05) is 0 Å². The van der Waals surface area contributed by atoms with Gasteiger partial charge in [0.1, 0.15) is 0 Å². The van der Waals surface area contributed by atoms with Gasteiger partial charge in [0.25, 0.3) is 0 Å². The number of carbonyl (C=O) groups excluding carboxylic acids is 2. The minimum Gasteiger partial charge on any atom is -0.383 e. The molecule has 2 amide bonds. The average Bonchev–Trinajstić information content (AvgIpc) is 3.11. The van der Waals surface area contributed by atoms with E-state index in [9.17, 15) is 9.59 Å². The Morgan fingerprint density at radius 1 is 1.45 bits per heavy atom. The number of hydrogen-bond acceptors (Lipinski definition) is 6. The molecular weight excluding hydrogens is 304 g/mol. The quantitative estimate of drug-likeness (QED) is 0.632. The zero-order chi connectivity index (χ0) is 15.8. The molecule has 8 heteroatoms. The molecule has 1 fully saturated rings. The van der Waals surface area contributed by atoms with Crippen molar-refractivity contribution in [3.8, 4) is 0 Å². The summed E-state index contributed by atoms with van der Waals surface area (Å²) in [6.45, 7) is 3.44. The largest absolute Gasteiger partial charge is 0.383 e. The highest BCUT2D eigenvalue weighted by molar-refractivity contribution is 7.14. The molecule has 2 N–H and O–H groups in total. The lowest BCUT2D eigenvalue weighted by molar-refractivity contribution is -0.120. The Bertz CT molecular complexity index is 506. The Morgan fingerprint density at radius 3 is 3.05 bits per heavy atom. The minimum absolute atomic E-state index is 0.0573. The molecule has 2 rings (SSSR count). The molecule has 0 bridgehead atoms. The van der Waals surface area contributed by atoms with Crippen molar-refractivity contribution in [2.24, 2.45) is 0 Å².